The first kappa shape index (κ1) is 50.7. The predicted molar refractivity (Wildman–Crippen MR) is 334 cm³/mol. The average molecular weight is 1030 g/mol. The molecular weight excluding hydrogens is 969 g/mol. The molecule has 2 aliphatic carbocycles. The lowest BCUT2D eigenvalue weighted by atomic mass is 9.84. The molecule has 10 aromatic carbocycles. The summed E-state index contributed by atoms with van der Waals surface area (Å²) in [6, 6.07) is 95.7. The van der Waals surface area contributed by atoms with Gasteiger partial charge in [-0.2, -0.15) is 0 Å². The van der Waals surface area contributed by atoms with Crippen LogP contribution in [0.1, 0.15) is 84.8 Å². The quantitative estimate of drug-likeness (QED) is 0.100. The molecule has 0 radical (unpaired) electrons. The SMILES string of the molecule is C/C(=C\c1ccccc1)c1ccc(C2=C(c3ccccc3)C(O)C(c3ccccc3)=C2c2cc(C#CCc3ccccc3)cc(C3=C(c4ccccc4)C(O)C(c4ccccc4)=C3c3ccc(C#Cc4ccccc4)cc3)c2)cc1. The Hall–Kier alpha value is -10.1. The van der Waals surface area contributed by atoms with Crippen molar-refractivity contribution in [1.82, 2.24) is 0 Å². The van der Waals surface area contributed by atoms with E-state index in [1.54, 1.807) is 0 Å². The summed E-state index contributed by atoms with van der Waals surface area (Å²) < 4.78 is 0. The molecule has 2 N–H and O–H groups in total. The van der Waals surface area contributed by atoms with Gasteiger partial charge in [0, 0.05) is 45.4 Å². The van der Waals surface area contributed by atoms with Crippen LogP contribution >= 0.6 is 0 Å². The Balaban J connectivity index is 1.13. The molecular formula is C78H56O2. The lowest BCUT2D eigenvalue weighted by molar-refractivity contribution is 0.291. The van der Waals surface area contributed by atoms with Crippen LogP contribution in [0.2, 0.25) is 0 Å². The normalized spacial score (nSPS) is 15.2. The first-order chi connectivity index (χ1) is 39.4. The second-order valence-electron chi connectivity index (χ2n) is 20.2. The van der Waals surface area contributed by atoms with Gasteiger partial charge in [-0.3, -0.25) is 0 Å². The third-order valence-electron chi connectivity index (χ3n) is 15.0. The summed E-state index contributed by atoms with van der Waals surface area (Å²) in [7, 11) is 0. The molecule has 2 aliphatic rings. The van der Waals surface area contributed by atoms with Crippen molar-refractivity contribution in [2.45, 2.75) is 25.6 Å². The highest BCUT2D eigenvalue weighted by Gasteiger charge is 2.38. The van der Waals surface area contributed by atoms with Crippen molar-refractivity contribution < 1.29 is 10.2 Å². The topological polar surface area (TPSA) is 40.5 Å². The summed E-state index contributed by atoms with van der Waals surface area (Å²) in [5, 5.41) is 26.4. The molecule has 80 heavy (non-hydrogen) atoms. The zero-order chi connectivity index (χ0) is 54.2. The van der Waals surface area contributed by atoms with Crippen LogP contribution in [0.4, 0.5) is 0 Å². The number of rotatable bonds is 11. The van der Waals surface area contributed by atoms with E-state index in [2.05, 4.69) is 188 Å². The predicted octanol–water partition coefficient (Wildman–Crippen LogP) is 17.0. The molecule has 2 nitrogen and oxygen atoms in total. The van der Waals surface area contributed by atoms with Gasteiger partial charge in [0.2, 0.25) is 0 Å². The maximum atomic E-state index is 13.2. The van der Waals surface area contributed by atoms with Gasteiger partial charge in [0.05, 0.1) is 0 Å². The van der Waals surface area contributed by atoms with Gasteiger partial charge in [0.25, 0.3) is 0 Å². The van der Waals surface area contributed by atoms with Gasteiger partial charge in [-0.05, 0) is 138 Å². The number of aliphatic hydroxyl groups excluding tert-OH is 2. The van der Waals surface area contributed by atoms with Crippen molar-refractivity contribution in [2.24, 2.45) is 0 Å². The summed E-state index contributed by atoms with van der Waals surface area (Å²) in [6.45, 7) is 2.15. The number of allylic oxidation sites excluding steroid dienone is 5. The molecule has 10 aromatic rings. The smallest absolute Gasteiger partial charge is 0.106 e. The van der Waals surface area contributed by atoms with E-state index in [-0.39, 0.29) is 0 Å². The van der Waals surface area contributed by atoms with Crippen LogP contribution in [0.5, 0.6) is 0 Å². The van der Waals surface area contributed by atoms with Crippen molar-refractivity contribution in [2.75, 3.05) is 0 Å². The van der Waals surface area contributed by atoms with Crippen molar-refractivity contribution in [3.05, 3.63) is 357 Å². The molecule has 0 heterocycles. The number of aliphatic hydroxyl groups is 2. The van der Waals surface area contributed by atoms with Crippen LogP contribution in [0.25, 0.3) is 56.2 Å². The minimum absolute atomic E-state index is 0.560. The molecule has 12 rings (SSSR count). The van der Waals surface area contributed by atoms with E-state index >= 15 is 0 Å². The third-order valence-corrected chi connectivity index (χ3v) is 15.0. The second kappa shape index (κ2) is 23.3. The molecule has 0 fully saturated rings. The van der Waals surface area contributed by atoms with Crippen molar-refractivity contribution >= 4 is 56.2 Å². The summed E-state index contributed by atoms with van der Waals surface area (Å²) in [4.78, 5) is 0. The van der Waals surface area contributed by atoms with Crippen LogP contribution in [0.15, 0.2) is 279 Å². The Kier molecular flexibility index (Phi) is 14.8. The van der Waals surface area contributed by atoms with Gasteiger partial charge in [-0.15, -0.1) is 0 Å². The minimum Gasteiger partial charge on any atom is -0.384 e. The average Bonchev–Trinajstić information content (AvgIpc) is 4.10. The van der Waals surface area contributed by atoms with Crippen LogP contribution in [-0.4, -0.2) is 22.4 Å². The van der Waals surface area contributed by atoms with Crippen LogP contribution in [-0.2, 0) is 6.42 Å². The molecule has 2 unspecified atom stereocenters. The van der Waals surface area contributed by atoms with Gasteiger partial charge >= 0.3 is 0 Å². The second-order valence-corrected chi connectivity index (χ2v) is 20.2. The summed E-state index contributed by atoms with van der Waals surface area (Å²) >= 11 is 0. The summed E-state index contributed by atoms with van der Waals surface area (Å²) in [6.07, 6.45) is 0.789. The Morgan fingerprint density at radius 2 is 0.688 bits per heavy atom. The standard InChI is InChI=1S/C78H56O2/c1-54(50-58-28-13-4-14-29-58)60-46-48-66(49-47-60)70-72(76(64-38-21-8-22-39-64)78(80)74(70)62-34-17-6-18-35-62)68-52-59(31-23-30-55-24-9-2-10-25-55)51-67(53-68)71-69(65-44-42-57(43-45-65)41-40-56-26-11-3-12-27-56)73(61-32-15-5-16-33-61)77(79)75(71)63-36-19-7-20-37-63/h2-22,24-29,32-39,42-53,77-80H,30H2,1H3/b54-50+. The molecule has 0 amide bonds. The van der Waals surface area contributed by atoms with Gasteiger partial charge in [-0.1, -0.05) is 266 Å². The number of hydrogen-bond donors (Lipinski definition) is 2. The summed E-state index contributed by atoms with van der Waals surface area (Å²) in [5.41, 5.74) is 21.5. The fourth-order valence-electron chi connectivity index (χ4n) is 11.3. The van der Waals surface area contributed by atoms with E-state index in [1.165, 1.54) is 0 Å². The van der Waals surface area contributed by atoms with Crippen LogP contribution in [0, 0.1) is 23.7 Å². The molecule has 0 aliphatic heterocycles. The largest absolute Gasteiger partial charge is 0.384 e. The highest BCUT2D eigenvalue weighted by Crippen LogP contribution is 2.55. The zero-order valence-corrected chi connectivity index (χ0v) is 44.4. The molecule has 0 aromatic heterocycles. The minimum atomic E-state index is -0.996. The van der Waals surface area contributed by atoms with Crippen molar-refractivity contribution in [3.63, 3.8) is 0 Å². The highest BCUT2D eigenvalue weighted by atomic mass is 16.3. The van der Waals surface area contributed by atoms with Crippen molar-refractivity contribution in [3.8, 4) is 23.7 Å². The highest BCUT2D eigenvalue weighted by molar-refractivity contribution is 6.31. The van der Waals surface area contributed by atoms with E-state index in [4.69, 9.17) is 0 Å². The molecule has 0 saturated heterocycles. The molecule has 2 heteroatoms. The lowest BCUT2D eigenvalue weighted by Gasteiger charge is -2.19. The maximum absolute atomic E-state index is 13.2. The van der Waals surface area contributed by atoms with E-state index in [9.17, 15) is 10.2 Å². The zero-order valence-electron chi connectivity index (χ0n) is 44.4. The Labute approximate surface area is 470 Å². The Morgan fingerprint density at radius 1 is 0.338 bits per heavy atom. The van der Waals surface area contributed by atoms with E-state index < -0.39 is 12.2 Å². The first-order valence-corrected chi connectivity index (χ1v) is 27.2. The van der Waals surface area contributed by atoms with Gasteiger partial charge in [0.15, 0.2) is 0 Å². The van der Waals surface area contributed by atoms with E-state index in [0.29, 0.717) is 6.42 Å². The Morgan fingerprint density at radius 3 is 1.11 bits per heavy atom. The number of benzene rings is 10. The molecule has 2 atom stereocenters. The van der Waals surface area contributed by atoms with Gasteiger partial charge < -0.3 is 10.2 Å². The number of hydrogen-bond acceptors (Lipinski definition) is 2. The lowest BCUT2D eigenvalue weighted by Crippen LogP contribution is -2.09. The fourth-order valence-corrected chi connectivity index (χ4v) is 11.3. The first-order valence-electron chi connectivity index (χ1n) is 27.2. The molecule has 0 saturated carbocycles. The van der Waals surface area contributed by atoms with E-state index in [0.717, 1.165) is 128 Å². The van der Waals surface area contributed by atoms with Gasteiger partial charge in [0.1, 0.15) is 12.2 Å². The molecule has 380 valence electrons. The van der Waals surface area contributed by atoms with Crippen LogP contribution in [0.3, 0.4) is 0 Å². The third kappa shape index (κ3) is 10.7. The fraction of sp³-hybridized carbons (Fsp3) is 0.0513. The van der Waals surface area contributed by atoms with Crippen LogP contribution < -0.4 is 0 Å². The monoisotopic (exact) mass is 1020 g/mol. The molecule has 0 spiro atoms. The van der Waals surface area contributed by atoms with Gasteiger partial charge in [-0.25, -0.2) is 0 Å². The summed E-state index contributed by atoms with van der Waals surface area (Å²) in [5.74, 6) is 13.9. The van der Waals surface area contributed by atoms with Crippen molar-refractivity contribution in [1.29, 1.82) is 0 Å². The van der Waals surface area contributed by atoms with E-state index in [1.807, 2.05) is 127 Å². The Bertz CT molecular complexity index is 4150. The maximum Gasteiger partial charge on any atom is 0.106 e. The molecule has 0 bridgehead atoms.